The van der Waals surface area contributed by atoms with Crippen molar-refractivity contribution in [1.82, 2.24) is 9.97 Å². The molecule has 1 aromatic carbocycles. The van der Waals surface area contributed by atoms with E-state index in [1.807, 2.05) is 6.92 Å². The molecule has 1 amide bonds. The molecule has 208 valence electrons. The van der Waals surface area contributed by atoms with Crippen molar-refractivity contribution in [3.8, 4) is 22.8 Å². The van der Waals surface area contributed by atoms with Crippen LogP contribution in [0.2, 0.25) is 0 Å². The van der Waals surface area contributed by atoms with E-state index >= 15 is 0 Å². The zero-order chi connectivity index (χ0) is 28.3. The van der Waals surface area contributed by atoms with E-state index < -0.39 is 46.7 Å². The van der Waals surface area contributed by atoms with Crippen LogP contribution in [0.5, 0.6) is 11.5 Å². The Morgan fingerprint density at radius 2 is 1.97 bits per heavy atom. The summed E-state index contributed by atoms with van der Waals surface area (Å²) in [6, 6.07) is 4.25. The molecule has 4 unspecified atom stereocenters. The number of aliphatic hydroxyl groups is 1. The smallest absolute Gasteiger partial charge is 0.276 e. The Hall–Kier alpha value is -3.87. The normalized spacial score (nSPS) is 21.0. The first-order valence-corrected chi connectivity index (χ1v) is 12.4. The Morgan fingerprint density at radius 1 is 1.21 bits per heavy atom. The summed E-state index contributed by atoms with van der Waals surface area (Å²) in [5.74, 6) is -3.55. The third kappa shape index (κ3) is 6.08. The minimum absolute atomic E-state index is 0.00740. The summed E-state index contributed by atoms with van der Waals surface area (Å²) in [6.07, 6.45) is 3.58. The lowest BCUT2D eigenvalue weighted by Crippen LogP contribution is -2.44. The number of halogens is 2. The average Bonchev–Trinajstić information content (AvgIpc) is 2.88. The molecule has 0 aliphatic heterocycles. The van der Waals surface area contributed by atoms with Crippen LogP contribution in [0.1, 0.15) is 41.7 Å². The molecule has 0 bridgehead atoms. The lowest BCUT2D eigenvalue weighted by Gasteiger charge is -2.36. The van der Waals surface area contributed by atoms with Gasteiger partial charge < -0.3 is 36.5 Å². The number of nitrogens with two attached hydrogens (primary N) is 2. The van der Waals surface area contributed by atoms with E-state index in [1.54, 1.807) is 12.3 Å². The number of rotatable bonds is 8. The highest BCUT2D eigenvalue weighted by atomic mass is 19.1. The fourth-order valence-corrected chi connectivity index (χ4v) is 4.86. The number of phenols is 1. The van der Waals surface area contributed by atoms with Crippen LogP contribution in [0.3, 0.4) is 0 Å². The van der Waals surface area contributed by atoms with Gasteiger partial charge in [-0.1, -0.05) is 6.92 Å². The Balaban J connectivity index is 1.64. The summed E-state index contributed by atoms with van der Waals surface area (Å²) in [5.41, 5.74) is 11.4. The molecule has 0 spiro atoms. The molecule has 1 aliphatic rings. The van der Waals surface area contributed by atoms with Gasteiger partial charge in [-0.25, -0.2) is 13.8 Å². The first-order chi connectivity index (χ1) is 18.6. The number of aliphatic hydroxyl groups excluding tert-OH is 1. The lowest BCUT2D eigenvalue weighted by molar-refractivity contribution is 0.0521. The van der Waals surface area contributed by atoms with Crippen molar-refractivity contribution < 1.29 is 33.3 Å². The number of nitrogens with zero attached hydrogens (tertiary/aromatic N) is 2. The van der Waals surface area contributed by atoms with Crippen molar-refractivity contribution in [2.45, 2.75) is 37.8 Å². The number of hydrogen-bond acceptors (Lipinski definition) is 9. The number of methoxy groups -OCH3 is 1. The highest BCUT2D eigenvalue weighted by Gasteiger charge is 2.34. The van der Waals surface area contributed by atoms with Crippen LogP contribution >= 0.6 is 0 Å². The van der Waals surface area contributed by atoms with E-state index in [-0.39, 0.29) is 42.2 Å². The van der Waals surface area contributed by atoms with Gasteiger partial charge in [0.25, 0.3) is 5.91 Å². The van der Waals surface area contributed by atoms with Gasteiger partial charge in [0.15, 0.2) is 11.5 Å². The standard InChI is InChI=1S/C27H31F2N5O5/c1-13-7-14(8-20(31)26(13)36)16-3-4-32-12-21(16)33-27(37)25-19(30)11-18(29)24(34-25)23-17(28)9-15(10-22(23)35)39-6-5-38-2/h3-4,9-14,20,26,35-36H,5-8,30-31H2,1-2H3,(H,33,37). The number of carbonyl (C=O) groups excluding carboxylic acids is 1. The van der Waals surface area contributed by atoms with Gasteiger partial charge in [-0.3, -0.25) is 9.78 Å². The maximum atomic E-state index is 15.0. The minimum Gasteiger partial charge on any atom is -0.507 e. The van der Waals surface area contributed by atoms with Crippen molar-refractivity contribution in [3.63, 3.8) is 0 Å². The van der Waals surface area contributed by atoms with Crippen molar-refractivity contribution in [2.24, 2.45) is 11.7 Å². The fourth-order valence-electron chi connectivity index (χ4n) is 4.86. The van der Waals surface area contributed by atoms with Crippen LogP contribution < -0.4 is 21.5 Å². The third-order valence-corrected chi connectivity index (χ3v) is 6.83. The number of benzene rings is 1. The van der Waals surface area contributed by atoms with Crippen molar-refractivity contribution in [1.29, 1.82) is 0 Å². The van der Waals surface area contributed by atoms with E-state index in [9.17, 15) is 23.8 Å². The number of anilines is 2. The molecule has 3 aromatic rings. The number of aromatic nitrogens is 2. The topological polar surface area (TPSA) is 166 Å². The van der Waals surface area contributed by atoms with E-state index in [4.69, 9.17) is 20.9 Å². The monoisotopic (exact) mass is 543 g/mol. The molecule has 1 aliphatic carbocycles. The molecule has 10 nitrogen and oxygen atoms in total. The van der Waals surface area contributed by atoms with E-state index in [1.165, 1.54) is 13.3 Å². The second-order valence-corrected chi connectivity index (χ2v) is 9.61. The van der Waals surface area contributed by atoms with Crippen molar-refractivity contribution >= 4 is 17.3 Å². The molecule has 12 heteroatoms. The summed E-state index contributed by atoms with van der Waals surface area (Å²) in [4.78, 5) is 21.3. The second-order valence-electron chi connectivity index (χ2n) is 9.61. The van der Waals surface area contributed by atoms with Gasteiger partial charge in [-0.2, -0.15) is 0 Å². The van der Waals surface area contributed by atoms with Crippen LogP contribution in [0.4, 0.5) is 20.2 Å². The molecule has 1 saturated carbocycles. The number of aromatic hydroxyl groups is 1. The maximum Gasteiger partial charge on any atom is 0.276 e. The summed E-state index contributed by atoms with van der Waals surface area (Å²) in [7, 11) is 1.47. The molecule has 4 atom stereocenters. The first kappa shape index (κ1) is 28.1. The van der Waals surface area contributed by atoms with E-state index in [0.717, 1.165) is 23.8 Å². The number of hydrogen-bond donors (Lipinski definition) is 5. The quantitative estimate of drug-likeness (QED) is 0.268. The van der Waals surface area contributed by atoms with Crippen LogP contribution in [-0.2, 0) is 4.74 Å². The Bertz CT molecular complexity index is 1320. The predicted octanol–water partition coefficient (Wildman–Crippen LogP) is 3.19. The highest BCUT2D eigenvalue weighted by Crippen LogP contribution is 2.39. The van der Waals surface area contributed by atoms with Gasteiger partial charge in [-0.05, 0) is 36.3 Å². The van der Waals surface area contributed by atoms with Crippen LogP contribution in [0.25, 0.3) is 11.3 Å². The number of nitrogen functional groups attached to an aromatic ring is 1. The highest BCUT2D eigenvalue weighted by molar-refractivity contribution is 6.07. The Kier molecular flexibility index (Phi) is 8.58. The number of phenolic OH excluding ortho intramolecular Hbond substituents is 1. The number of nitrogens with one attached hydrogen (secondary N) is 1. The molecule has 39 heavy (non-hydrogen) atoms. The van der Waals surface area contributed by atoms with E-state index in [0.29, 0.717) is 18.5 Å². The van der Waals surface area contributed by atoms with Gasteiger partial charge in [-0.15, -0.1) is 0 Å². The van der Waals surface area contributed by atoms with Crippen LogP contribution in [0.15, 0.2) is 36.7 Å². The molecule has 2 aromatic heterocycles. The van der Waals surface area contributed by atoms with Gasteiger partial charge in [0, 0.05) is 37.5 Å². The maximum absolute atomic E-state index is 15.0. The molecule has 7 N–H and O–H groups in total. The molecular weight excluding hydrogens is 512 g/mol. The zero-order valence-corrected chi connectivity index (χ0v) is 21.5. The fraction of sp³-hybridized carbons (Fsp3) is 0.370. The summed E-state index contributed by atoms with van der Waals surface area (Å²) in [5, 5.41) is 23.4. The minimum atomic E-state index is -1.03. The lowest BCUT2D eigenvalue weighted by atomic mass is 9.74. The van der Waals surface area contributed by atoms with Crippen LogP contribution in [-0.4, -0.2) is 58.6 Å². The van der Waals surface area contributed by atoms with Gasteiger partial charge in [0.2, 0.25) is 0 Å². The molecule has 2 heterocycles. The van der Waals surface area contributed by atoms with Crippen LogP contribution in [0, 0.1) is 17.6 Å². The Morgan fingerprint density at radius 3 is 2.67 bits per heavy atom. The van der Waals surface area contributed by atoms with E-state index in [2.05, 4.69) is 15.3 Å². The number of carbonyl (C=O) groups is 1. The van der Waals surface area contributed by atoms with Crippen molar-refractivity contribution in [2.75, 3.05) is 31.4 Å². The third-order valence-electron chi connectivity index (χ3n) is 6.83. The number of amides is 1. The molecule has 1 fully saturated rings. The SMILES string of the molecule is COCCOc1cc(O)c(-c2nc(C(=O)Nc3cnccc3C3CC(C)C(O)C(N)C3)c(N)cc2F)c(F)c1. The second kappa shape index (κ2) is 11.9. The molecule has 4 rings (SSSR count). The first-order valence-electron chi connectivity index (χ1n) is 12.4. The summed E-state index contributed by atoms with van der Waals surface area (Å²) >= 11 is 0. The molecule has 0 radical (unpaired) electrons. The summed E-state index contributed by atoms with van der Waals surface area (Å²) in [6.45, 7) is 2.26. The number of ether oxygens (including phenoxy) is 2. The summed E-state index contributed by atoms with van der Waals surface area (Å²) < 4.78 is 40.0. The molecule has 0 saturated heterocycles. The Labute approximate surface area is 224 Å². The average molecular weight is 544 g/mol. The van der Waals surface area contributed by atoms with Crippen molar-refractivity contribution in [3.05, 3.63) is 59.6 Å². The predicted molar refractivity (Wildman–Crippen MR) is 140 cm³/mol. The molecular formula is C27H31F2N5O5. The van der Waals surface area contributed by atoms with Gasteiger partial charge in [0.1, 0.15) is 29.6 Å². The van der Waals surface area contributed by atoms with Gasteiger partial charge in [0.05, 0.1) is 35.8 Å². The van der Waals surface area contributed by atoms with Gasteiger partial charge >= 0.3 is 0 Å². The largest absolute Gasteiger partial charge is 0.507 e. The number of pyridine rings is 2. The zero-order valence-electron chi connectivity index (χ0n) is 21.5.